The lowest BCUT2D eigenvalue weighted by Crippen LogP contribution is -2.22. The lowest BCUT2D eigenvalue weighted by molar-refractivity contribution is 0.353. The monoisotopic (exact) mass is 264 g/mol. The van der Waals surface area contributed by atoms with E-state index in [1.165, 1.54) is 25.7 Å². The molecular weight excluding hydrogens is 240 g/mol. The van der Waals surface area contributed by atoms with E-state index in [-0.39, 0.29) is 11.2 Å². The number of aromatic nitrogens is 1. The molecule has 0 radical (unpaired) electrons. The summed E-state index contributed by atoms with van der Waals surface area (Å²) in [5.74, 6) is -0.133. The Morgan fingerprint density at radius 2 is 1.89 bits per heavy atom. The van der Waals surface area contributed by atoms with Crippen molar-refractivity contribution in [2.45, 2.75) is 51.1 Å². The van der Waals surface area contributed by atoms with E-state index in [0.717, 1.165) is 25.1 Å². The van der Waals surface area contributed by atoms with Crippen molar-refractivity contribution in [3.05, 3.63) is 28.2 Å². The van der Waals surface area contributed by atoms with Crippen LogP contribution in [0.2, 0.25) is 0 Å². The highest BCUT2D eigenvalue weighted by molar-refractivity contribution is 5.21. The summed E-state index contributed by atoms with van der Waals surface area (Å²) in [6, 6.07) is 2.00. The molecule has 0 aromatic carbocycles. The van der Waals surface area contributed by atoms with Gasteiger partial charge < -0.3 is 14.6 Å². The first kappa shape index (κ1) is 14.1. The van der Waals surface area contributed by atoms with Gasteiger partial charge in [0.2, 0.25) is 5.43 Å². The summed E-state index contributed by atoms with van der Waals surface area (Å²) in [5, 5.41) is 9.71. The van der Waals surface area contributed by atoms with Crippen molar-refractivity contribution in [1.29, 1.82) is 0 Å². The maximum atomic E-state index is 11.6. The standard InChI is InChI=1S/C15H24N2O2/c1-16(2)10-13-9-14(18)15(19)11-17(13)12-7-5-3-4-6-8-12/h9,11-12,19H,3-8,10H2,1-2H3. The molecule has 2 rings (SSSR count). The predicted octanol–water partition coefficient (Wildman–Crippen LogP) is 2.51. The molecule has 0 saturated heterocycles. The molecule has 0 atom stereocenters. The molecule has 19 heavy (non-hydrogen) atoms. The molecule has 106 valence electrons. The Morgan fingerprint density at radius 1 is 1.26 bits per heavy atom. The van der Waals surface area contributed by atoms with Gasteiger partial charge in [0, 0.05) is 24.3 Å². The molecule has 1 aliphatic rings. The Bertz CT molecular complexity index is 472. The highest BCUT2D eigenvalue weighted by Gasteiger charge is 2.17. The highest BCUT2D eigenvalue weighted by Crippen LogP contribution is 2.28. The van der Waals surface area contributed by atoms with E-state index >= 15 is 0 Å². The Balaban J connectivity index is 2.35. The fourth-order valence-corrected chi connectivity index (χ4v) is 2.91. The van der Waals surface area contributed by atoms with Crippen LogP contribution in [0.1, 0.15) is 50.3 Å². The van der Waals surface area contributed by atoms with Crippen LogP contribution in [0.3, 0.4) is 0 Å². The van der Waals surface area contributed by atoms with Gasteiger partial charge in [0.05, 0.1) is 6.20 Å². The van der Waals surface area contributed by atoms with Crippen molar-refractivity contribution in [2.24, 2.45) is 0 Å². The summed E-state index contributed by atoms with van der Waals surface area (Å²) in [4.78, 5) is 13.7. The number of aromatic hydroxyl groups is 1. The SMILES string of the molecule is CN(C)Cc1cc(=O)c(O)cn1C1CCCCCC1. The Labute approximate surface area is 114 Å². The lowest BCUT2D eigenvalue weighted by atomic mass is 10.1. The van der Waals surface area contributed by atoms with Crippen LogP contribution in [-0.4, -0.2) is 28.7 Å². The first-order chi connectivity index (χ1) is 9.08. The second-order valence-corrected chi connectivity index (χ2v) is 5.80. The van der Waals surface area contributed by atoms with Crippen LogP contribution >= 0.6 is 0 Å². The highest BCUT2D eigenvalue weighted by atomic mass is 16.3. The zero-order valence-electron chi connectivity index (χ0n) is 11.9. The van der Waals surface area contributed by atoms with Gasteiger partial charge in [0.1, 0.15) is 0 Å². The van der Waals surface area contributed by atoms with E-state index < -0.39 is 0 Å². The van der Waals surface area contributed by atoms with Gasteiger partial charge in [-0.25, -0.2) is 0 Å². The van der Waals surface area contributed by atoms with Crippen LogP contribution in [0.5, 0.6) is 5.75 Å². The third-order valence-corrected chi connectivity index (χ3v) is 3.84. The van der Waals surface area contributed by atoms with E-state index in [1.807, 2.05) is 14.1 Å². The molecule has 1 fully saturated rings. The Kier molecular flexibility index (Phi) is 4.64. The number of hydrogen-bond donors (Lipinski definition) is 1. The lowest BCUT2D eigenvalue weighted by Gasteiger charge is -2.24. The molecule has 1 aromatic rings. The van der Waals surface area contributed by atoms with E-state index in [1.54, 1.807) is 12.3 Å². The Morgan fingerprint density at radius 3 is 2.47 bits per heavy atom. The number of hydrogen-bond acceptors (Lipinski definition) is 3. The number of rotatable bonds is 3. The molecule has 0 amide bonds. The van der Waals surface area contributed by atoms with Gasteiger partial charge in [-0.1, -0.05) is 25.7 Å². The van der Waals surface area contributed by atoms with Gasteiger partial charge in [0.25, 0.3) is 0 Å². The summed E-state index contributed by atoms with van der Waals surface area (Å²) >= 11 is 0. The molecule has 1 aromatic heterocycles. The van der Waals surface area contributed by atoms with Crippen molar-refractivity contribution in [2.75, 3.05) is 14.1 Å². The zero-order chi connectivity index (χ0) is 13.8. The van der Waals surface area contributed by atoms with Crippen LogP contribution in [0.15, 0.2) is 17.1 Å². The summed E-state index contributed by atoms with van der Waals surface area (Å²) in [7, 11) is 3.99. The summed E-state index contributed by atoms with van der Waals surface area (Å²) in [6.07, 6.45) is 8.98. The van der Waals surface area contributed by atoms with Gasteiger partial charge in [-0.05, 0) is 26.9 Å². The minimum Gasteiger partial charge on any atom is -0.503 e. The van der Waals surface area contributed by atoms with Crippen LogP contribution in [0.4, 0.5) is 0 Å². The summed E-state index contributed by atoms with van der Waals surface area (Å²) in [5.41, 5.74) is 0.724. The third kappa shape index (κ3) is 3.60. The van der Waals surface area contributed by atoms with Crippen molar-refractivity contribution < 1.29 is 5.11 Å². The smallest absolute Gasteiger partial charge is 0.223 e. The maximum absolute atomic E-state index is 11.6. The second-order valence-electron chi connectivity index (χ2n) is 5.80. The van der Waals surface area contributed by atoms with Gasteiger partial charge in [-0.2, -0.15) is 0 Å². The molecule has 1 saturated carbocycles. The second kappa shape index (κ2) is 6.24. The third-order valence-electron chi connectivity index (χ3n) is 3.84. The first-order valence-electron chi connectivity index (χ1n) is 7.16. The Hall–Kier alpha value is -1.29. The minimum atomic E-state index is -0.276. The number of nitrogens with zero attached hydrogens (tertiary/aromatic N) is 2. The predicted molar refractivity (Wildman–Crippen MR) is 76.5 cm³/mol. The molecule has 0 aliphatic heterocycles. The van der Waals surface area contributed by atoms with Crippen LogP contribution in [-0.2, 0) is 6.54 Å². The van der Waals surface area contributed by atoms with Crippen LogP contribution in [0, 0.1) is 0 Å². The molecule has 4 nitrogen and oxygen atoms in total. The van der Waals surface area contributed by atoms with Gasteiger partial charge in [-0.15, -0.1) is 0 Å². The summed E-state index contributed by atoms with van der Waals surface area (Å²) < 4.78 is 2.13. The summed E-state index contributed by atoms with van der Waals surface area (Å²) in [6.45, 7) is 0.728. The fraction of sp³-hybridized carbons (Fsp3) is 0.667. The average molecular weight is 264 g/mol. The van der Waals surface area contributed by atoms with Crippen LogP contribution < -0.4 is 5.43 Å². The van der Waals surface area contributed by atoms with Gasteiger partial charge in [-0.3, -0.25) is 4.79 Å². The van der Waals surface area contributed by atoms with E-state index in [9.17, 15) is 9.90 Å². The van der Waals surface area contributed by atoms with Crippen LogP contribution in [0.25, 0.3) is 0 Å². The topological polar surface area (TPSA) is 45.5 Å². The molecule has 1 N–H and O–H groups in total. The fourth-order valence-electron chi connectivity index (χ4n) is 2.91. The molecule has 1 heterocycles. The van der Waals surface area contributed by atoms with Crippen molar-refractivity contribution in [3.8, 4) is 5.75 Å². The molecule has 0 spiro atoms. The molecular formula is C15H24N2O2. The van der Waals surface area contributed by atoms with Gasteiger partial charge >= 0.3 is 0 Å². The van der Waals surface area contributed by atoms with E-state index in [0.29, 0.717) is 6.04 Å². The molecule has 4 heteroatoms. The average Bonchev–Trinajstić information content (AvgIpc) is 2.61. The minimum absolute atomic E-state index is 0.133. The number of pyridine rings is 1. The van der Waals surface area contributed by atoms with E-state index in [2.05, 4.69) is 9.47 Å². The molecule has 0 unspecified atom stereocenters. The zero-order valence-corrected chi connectivity index (χ0v) is 11.9. The normalized spacial score (nSPS) is 17.6. The molecule has 0 bridgehead atoms. The quantitative estimate of drug-likeness (QED) is 0.853. The first-order valence-corrected chi connectivity index (χ1v) is 7.16. The van der Waals surface area contributed by atoms with Crippen molar-refractivity contribution in [3.63, 3.8) is 0 Å². The maximum Gasteiger partial charge on any atom is 0.223 e. The van der Waals surface area contributed by atoms with Crippen molar-refractivity contribution in [1.82, 2.24) is 9.47 Å². The van der Waals surface area contributed by atoms with Crippen molar-refractivity contribution >= 4 is 0 Å². The van der Waals surface area contributed by atoms with Gasteiger partial charge in [0.15, 0.2) is 5.75 Å². The van der Waals surface area contributed by atoms with E-state index in [4.69, 9.17) is 0 Å². The largest absolute Gasteiger partial charge is 0.503 e. The molecule has 1 aliphatic carbocycles.